The molecule has 0 saturated carbocycles. The van der Waals surface area contributed by atoms with Crippen LogP contribution in [0.4, 0.5) is 0 Å². The molecule has 0 aromatic heterocycles. The van der Waals surface area contributed by atoms with Gasteiger partial charge in [0.1, 0.15) is 36.8 Å². The maximum atomic E-state index is 12.8. The smallest absolute Gasteiger partial charge is 0.306 e. The SMILES string of the molecule is CCCCCC/C=C/C=C/CCCCCCCC(=O)O[C@H](COC(=O)CCCCCCCCCCCCCCCCCCCC)CO[C@H]1O[C@H](CS(=O)(=O)O)[C@@H](O)C(O)C1O. The Labute approximate surface area is 370 Å². The van der Waals surface area contributed by atoms with E-state index in [1.54, 1.807) is 0 Å². The number of unbranched alkanes of at least 4 members (excludes halogenated alkanes) is 26. The van der Waals surface area contributed by atoms with Gasteiger partial charge in [-0.3, -0.25) is 14.1 Å². The van der Waals surface area contributed by atoms with E-state index in [0.717, 1.165) is 57.8 Å². The molecule has 0 spiro atoms. The number of carbonyl (C=O) groups is 2. The van der Waals surface area contributed by atoms with Gasteiger partial charge in [-0.15, -0.1) is 0 Å². The molecule has 0 aromatic rings. The Morgan fingerprint density at radius 1 is 0.557 bits per heavy atom. The van der Waals surface area contributed by atoms with Crippen LogP contribution in [0.5, 0.6) is 0 Å². The lowest BCUT2D eigenvalue weighted by atomic mass is 10.00. The molecule has 1 fully saturated rings. The first-order chi connectivity index (χ1) is 29.5. The van der Waals surface area contributed by atoms with Crippen molar-refractivity contribution in [2.75, 3.05) is 19.0 Å². The molecule has 1 rings (SSSR count). The summed E-state index contributed by atoms with van der Waals surface area (Å²) in [6.07, 6.45) is 33.6. The zero-order chi connectivity index (χ0) is 44.8. The van der Waals surface area contributed by atoms with E-state index >= 15 is 0 Å². The quantitative estimate of drug-likeness (QED) is 0.0197. The Morgan fingerprint density at radius 2 is 0.967 bits per heavy atom. The minimum atomic E-state index is -4.60. The number of allylic oxidation sites excluding steroid dienone is 4. The standard InChI is InChI=1S/C48H88O12S/c1-3-5-7-9-11-13-15-17-19-20-21-23-24-26-28-30-32-34-36-43(49)57-38-41(39-58-48-47(53)46(52)45(51)42(60-48)40-61(54,55)56)59-44(50)37-35-33-31-29-27-25-22-18-16-14-12-10-8-6-4-2/h14,16,18,22,41-42,45-48,51-53H,3-13,15,17,19-21,23-40H2,1-2H3,(H,54,55,56)/b16-14+,22-18+/t41-,42-,45-,46?,47?,48+/m1/s1. The van der Waals surface area contributed by atoms with Crippen molar-refractivity contribution in [2.45, 2.75) is 250 Å². The summed E-state index contributed by atoms with van der Waals surface area (Å²) >= 11 is 0. The van der Waals surface area contributed by atoms with Gasteiger partial charge in [0.25, 0.3) is 10.1 Å². The van der Waals surface area contributed by atoms with Crippen molar-refractivity contribution in [3.05, 3.63) is 24.3 Å². The maximum Gasteiger partial charge on any atom is 0.306 e. The summed E-state index contributed by atoms with van der Waals surface area (Å²) in [5.41, 5.74) is 0. The molecule has 1 saturated heterocycles. The molecule has 0 aliphatic carbocycles. The number of rotatable bonds is 41. The first-order valence-electron chi connectivity index (χ1n) is 24.4. The summed E-state index contributed by atoms with van der Waals surface area (Å²) in [5, 5.41) is 30.9. The van der Waals surface area contributed by atoms with Crippen LogP contribution in [-0.4, -0.2) is 96.0 Å². The van der Waals surface area contributed by atoms with Gasteiger partial charge in [0.15, 0.2) is 12.4 Å². The van der Waals surface area contributed by atoms with Crippen LogP contribution in [0.25, 0.3) is 0 Å². The average molecular weight is 889 g/mol. The molecule has 358 valence electrons. The Bertz CT molecular complexity index is 1220. The predicted octanol–water partition coefficient (Wildman–Crippen LogP) is 10.4. The topological polar surface area (TPSA) is 186 Å². The first-order valence-corrected chi connectivity index (χ1v) is 26.0. The fourth-order valence-electron chi connectivity index (χ4n) is 7.49. The van der Waals surface area contributed by atoms with E-state index in [1.807, 2.05) is 0 Å². The third-order valence-electron chi connectivity index (χ3n) is 11.3. The van der Waals surface area contributed by atoms with Crippen LogP contribution in [0.1, 0.15) is 213 Å². The molecule has 12 nitrogen and oxygen atoms in total. The highest BCUT2D eigenvalue weighted by atomic mass is 32.2. The molecular weight excluding hydrogens is 801 g/mol. The Kier molecular flexibility index (Phi) is 36.1. The molecule has 6 atom stereocenters. The zero-order valence-electron chi connectivity index (χ0n) is 38.3. The van der Waals surface area contributed by atoms with Gasteiger partial charge < -0.3 is 34.3 Å². The van der Waals surface area contributed by atoms with Gasteiger partial charge in [-0.1, -0.05) is 186 Å². The molecule has 1 aliphatic rings. The van der Waals surface area contributed by atoms with Crippen LogP contribution in [0.2, 0.25) is 0 Å². The third-order valence-corrected chi connectivity index (χ3v) is 12.1. The fraction of sp³-hybridized carbons (Fsp3) is 0.875. The van der Waals surface area contributed by atoms with Crippen molar-refractivity contribution >= 4 is 22.1 Å². The highest BCUT2D eigenvalue weighted by molar-refractivity contribution is 7.85. The molecule has 1 heterocycles. The molecule has 13 heteroatoms. The van der Waals surface area contributed by atoms with Crippen molar-refractivity contribution in [3.63, 3.8) is 0 Å². The summed E-state index contributed by atoms with van der Waals surface area (Å²) in [6.45, 7) is 3.75. The second-order valence-corrected chi connectivity index (χ2v) is 18.7. The average Bonchev–Trinajstić information content (AvgIpc) is 3.22. The lowest BCUT2D eigenvalue weighted by Crippen LogP contribution is -2.60. The molecule has 0 radical (unpaired) electrons. The molecule has 0 aromatic carbocycles. The van der Waals surface area contributed by atoms with E-state index in [0.29, 0.717) is 12.8 Å². The van der Waals surface area contributed by atoms with Gasteiger partial charge in [0, 0.05) is 12.8 Å². The summed E-state index contributed by atoms with van der Waals surface area (Å²) in [5.74, 6) is -1.99. The van der Waals surface area contributed by atoms with Crippen molar-refractivity contribution in [3.8, 4) is 0 Å². The van der Waals surface area contributed by atoms with Gasteiger partial charge in [-0.2, -0.15) is 8.42 Å². The predicted molar refractivity (Wildman–Crippen MR) is 243 cm³/mol. The third kappa shape index (κ3) is 33.3. The van der Waals surface area contributed by atoms with Crippen molar-refractivity contribution in [1.29, 1.82) is 0 Å². The van der Waals surface area contributed by atoms with E-state index in [2.05, 4.69) is 38.2 Å². The largest absolute Gasteiger partial charge is 0.462 e. The number of aliphatic hydroxyl groups is 3. The summed E-state index contributed by atoms with van der Waals surface area (Å²) in [7, 11) is -4.60. The van der Waals surface area contributed by atoms with Crippen LogP contribution in [0, 0.1) is 0 Å². The van der Waals surface area contributed by atoms with Gasteiger partial charge in [-0.05, 0) is 38.5 Å². The molecule has 4 N–H and O–H groups in total. The van der Waals surface area contributed by atoms with Gasteiger partial charge in [0.2, 0.25) is 0 Å². The van der Waals surface area contributed by atoms with Gasteiger partial charge in [-0.25, -0.2) is 0 Å². The highest BCUT2D eigenvalue weighted by Gasteiger charge is 2.46. The van der Waals surface area contributed by atoms with Crippen molar-refractivity contribution in [1.82, 2.24) is 0 Å². The van der Waals surface area contributed by atoms with E-state index < -0.39 is 71.2 Å². The lowest BCUT2D eigenvalue weighted by Gasteiger charge is -2.40. The van der Waals surface area contributed by atoms with Gasteiger partial charge >= 0.3 is 11.9 Å². The van der Waals surface area contributed by atoms with Crippen molar-refractivity contribution < 1.29 is 56.8 Å². The zero-order valence-corrected chi connectivity index (χ0v) is 39.1. The van der Waals surface area contributed by atoms with E-state index in [-0.39, 0.29) is 19.4 Å². The Morgan fingerprint density at radius 3 is 1.43 bits per heavy atom. The minimum absolute atomic E-state index is 0.149. The summed E-state index contributed by atoms with van der Waals surface area (Å²) in [4.78, 5) is 25.5. The molecule has 61 heavy (non-hydrogen) atoms. The number of hydrogen-bond donors (Lipinski definition) is 4. The Hall–Kier alpha value is -1.87. The number of hydrogen-bond acceptors (Lipinski definition) is 11. The minimum Gasteiger partial charge on any atom is -0.462 e. The van der Waals surface area contributed by atoms with Crippen LogP contribution in [0.15, 0.2) is 24.3 Å². The fourth-order valence-corrected chi connectivity index (χ4v) is 8.18. The normalized spacial score (nSPS) is 20.1. The molecular formula is C48H88O12S. The van der Waals surface area contributed by atoms with Crippen LogP contribution < -0.4 is 0 Å². The summed E-state index contributed by atoms with van der Waals surface area (Å²) < 4.78 is 54.1. The first kappa shape index (κ1) is 57.1. The van der Waals surface area contributed by atoms with Crippen LogP contribution in [0.3, 0.4) is 0 Å². The Balaban J connectivity index is 2.40. The lowest BCUT2D eigenvalue weighted by molar-refractivity contribution is -0.297. The van der Waals surface area contributed by atoms with Crippen molar-refractivity contribution in [2.24, 2.45) is 0 Å². The maximum absolute atomic E-state index is 12.8. The molecule has 1 aliphatic heterocycles. The van der Waals surface area contributed by atoms with Crippen LogP contribution in [-0.2, 0) is 38.7 Å². The summed E-state index contributed by atoms with van der Waals surface area (Å²) in [6, 6.07) is 0. The molecule has 2 unspecified atom stereocenters. The number of carbonyl (C=O) groups excluding carboxylic acids is 2. The van der Waals surface area contributed by atoms with Gasteiger partial charge in [0.05, 0.1) is 6.61 Å². The number of esters is 2. The van der Waals surface area contributed by atoms with E-state index in [4.69, 9.17) is 18.9 Å². The number of aliphatic hydroxyl groups excluding tert-OH is 3. The second-order valence-electron chi connectivity index (χ2n) is 17.2. The molecule has 0 bridgehead atoms. The number of ether oxygens (including phenoxy) is 4. The second kappa shape index (κ2) is 38.6. The van der Waals surface area contributed by atoms with Crippen LogP contribution >= 0.6 is 0 Å². The van der Waals surface area contributed by atoms with E-state index in [1.165, 1.54) is 116 Å². The monoisotopic (exact) mass is 889 g/mol. The van der Waals surface area contributed by atoms with E-state index in [9.17, 15) is 37.9 Å². The molecule has 0 amide bonds. The highest BCUT2D eigenvalue weighted by Crippen LogP contribution is 2.24.